The highest BCUT2D eigenvalue weighted by Gasteiger charge is 2.14. The first-order valence-corrected chi connectivity index (χ1v) is 7.23. The van der Waals surface area contributed by atoms with Crippen LogP contribution in [0.1, 0.15) is 11.1 Å². The molecule has 116 valence electrons. The van der Waals surface area contributed by atoms with Gasteiger partial charge in [-0.25, -0.2) is 0 Å². The Morgan fingerprint density at radius 1 is 1.35 bits per heavy atom. The first-order valence-electron chi connectivity index (χ1n) is 6.85. The molecule has 3 rings (SSSR count). The zero-order valence-corrected chi connectivity index (χ0v) is 12.9. The molecule has 7 heteroatoms. The van der Waals surface area contributed by atoms with Crippen molar-refractivity contribution in [2.75, 3.05) is 0 Å². The molecule has 0 bridgehead atoms. The number of benzene rings is 1. The molecule has 3 aromatic rings. The fourth-order valence-corrected chi connectivity index (χ4v) is 2.69. The lowest BCUT2D eigenvalue weighted by atomic mass is 10.1. The van der Waals surface area contributed by atoms with Crippen LogP contribution in [0, 0.1) is 17.0 Å². The Hall–Kier alpha value is -2.73. The number of hydrogen-bond acceptors (Lipinski definition) is 4. The van der Waals surface area contributed by atoms with E-state index < -0.39 is 4.92 Å². The SMILES string of the molecule is Cc1cc(=O)n(Cc2ccc(Cl)c3cccnc23)cc1[N+](=O)[O-]. The molecular weight excluding hydrogens is 318 g/mol. The van der Waals surface area contributed by atoms with E-state index in [4.69, 9.17) is 11.6 Å². The van der Waals surface area contributed by atoms with E-state index in [0.717, 1.165) is 10.9 Å². The average molecular weight is 330 g/mol. The number of rotatable bonds is 3. The predicted octanol–water partition coefficient (Wildman–Crippen LogP) is 3.31. The maximum atomic E-state index is 12.1. The number of nitrogens with zero attached hydrogens (tertiary/aromatic N) is 3. The van der Waals surface area contributed by atoms with Gasteiger partial charge in [-0.3, -0.25) is 19.9 Å². The summed E-state index contributed by atoms with van der Waals surface area (Å²) in [5, 5.41) is 12.4. The average Bonchev–Trinajstić information content (AvgIpc) is 2.52. The molecule has 0 atom stereocenters. The Kier molecular flexibility index (Phi) is 3.83. The smallest absolute Gasteiger partial charge is 0.288 e. The second-order valence-electron chi connectivity index (χ2n) is 5.17. The largest absolute Gasteiger partial charge is 0.304 e. The van der Waals surface area contributed by atoms with E-state index in [1.165, 1.54) is 16.8 Å². The molecule has 0 aliphatic rings. The van der Waals surface area contributed by atoms with Crippen molar-refractivity contribution in [1.82, 2.24) is 9.55 Å². The van der Waals surface area contributed by atoms with E-state index in [1.54, 1.807) is 31.3 Å². The summed E-state index contributed by atoms with van der Waals surface area (Å²) in [5.41, 5.74) is 1.40. The molecule has 0 saturated carbocycles. The van der Waals surface area contributed by atoms with Gasteiger partial charge in [0.2, 0.25) is 0 Å². The Balaban J connectivity index is 2.13. The maximum Gasteiger partial charge on any atom is 0.288 e. The minimum atomic E-state index is -0.497. The lowest BCUT2D eigenvalue weighted by Gasteiger charge is -2.10. The molecular formula is C16H12ClN3O3. The van der Waals surface area contributed by atoms with Crippen molar-refractivity contribution in [1.29, 1.82) is 0 Å². The van der Waals surface area contributed by atoms with E-state index in [9.17, 15) is 14.9 Å². The van der Waals surface area contributed by atoms with Gasteiger partial charge in [0.25, 0.3) is 11.2 Å². The topological polar surface area (TPSA) is 78.0 Å². The Morgan fingerprint density at radius 2 is 2.13 bits per heavy atom. The summed E-state index contributed by atoms with van der Waals surface area (Å²) in [4.78, 5) is 27.0. The number of pyridine rings is 2. The molecule has 0 amide bonds. The van der Waals surface area contributed by atoms with Crippen LogP contribution in [0.25, 0.3) is 10.9 Å². The fourth-order valence-electron chi connectivity index (χ4n) is 2.48. The van der Waals surface area contributed by atoms with Crippen LogP contribution >= 0.6 is 11.6 Å². The first kappa shape index (κ1) is 15.2. The molecule has 2 aromatic heterocycles. The number of aromatic nitrogens is 2. The molecule has 0 N–H and O–H groups in total. The minimum Gasteiger partial charge on any atom is -0.304 e. The van der Waals surface area contributed by atoms with Crippen LogP contribution in [-0.4, -0.2) is 14.5 Å². The Labute approximate surface area is 136 Å². The standard InChI is InChI=1S/C16H12ClN3O3/c1-10-7-15(21)19(9-14(10)20(22)23)8-11-4-5-13(17)12-3-2-6-18-16(11)12/h2-7,9H,8H2,1H3. The van der Waals surface area contributed by atoms with E-state index in [1.807, 2.05) is 6.07 Å². The van der Waals surface area contributed by atoms with Crippen LogP contribution in [0.15, 0.2) is 47.5 Å². The summed E-state index contributed by atoms with van der Waals surface area (Å²) in [7, 11) is 0. The van der Waals surface area contributed by atoms with Gasteiger partial charge >= 0.3 is 0 Å². The van der Waals surface area contributed by atoms with Gasteiger partial charge in [0.15, 0.2) is 0 Å². The molecule has 0 radical (unpaired) electrons. The highest BCUT2D eigenvalue weighted by atomic mass is 35.5. The van der Waals surface area contributed by atoms with Crippen LogP contribution in [-0.2, 0) is 6.54 Å². The second kappa shape index (κ2) is 5.81. The number of fused-ring (bicyclic) bond motifs is 1. The van der Waals surface area contributed by atoms with E-state index in [-0.39, 0.29) is 17.8 Å². The molecule has 2 heterocycles. The van der Waals surface area contributed by atoms with Gasteiger partial charge in [-0.1, -0.05) is 17.7 Å². The Morgan fingerprint density at radius 3 is 2.87 bits per heavy atom. The molecule has 0 aliphatic heterocycles. The van der Waals surface area contributed by atoms with Gasteiger partial charge in [0.05, 0.1) is 23.2 Å². The van der Waals surface area contributed by atoms with Gasteiger partial charge in [-0.15, -0.1) is 0 Å². The van der Waals surface area contributed by atoms with E-state index >= 15 is 0 Å². The molecule has 0 aliphatic carbocycles. The van der Waals surface area contributed by atoms with Gasteiger partial charge < -0.3 is 4.57 Å². The third kappa shape index (κ3) is 2.80. The molecule has 1 aromatic carbocycles. The van der Waals surface area contributed by atoms with Crippen molar-refractivity contribution in [3.63, 3.8) is 0 Å². The second-order valence-corrected chi connectivity index (χ2v) is 5.58. The zero-order valence-electron chi connectivity index (χ0n) is 12.2. The fraction of sp³-hybridized carbons (Fsp3) is 0.125. The van der Waals surface area contributed by atoms with Crippen LogP contribution in [0.5, 0.6) is 0 Å². The van der Waals surface area contributed by atoms with E-state index in [2.05, 4.69) is 4.98 Å². The summed E-state index contributed by atoms with van der Waals surface area (Å²) >= 11 is 6.15. The predicted molar refractivity (Wildman–Crippen MR) is 87.9 cm³/mol. The third-order valence-corrected chi connectivity index (χ3v) is 3.97. The molecule has 0 spiro atoms. The summed E-state index contributed by atoms with van der Waals surface area (Å²) in [6, 6.07) is 8.39. The summed E-state index contributed by atoms with van der Waals surface area (Å²) in [5.74, 6) is 0. The van der Waals surface area contributed by atoms with Gasteiger partial charge in [0.1, 0.15) is 0 Å². The summed E-state index contributed by atoms with van der Waals surface area (Å²) in [6.45, 7) is 1.73. The van der Waals surface area contributed by atoms with Gasteiger partial charge in [0, 0.05) is 28.2 Å². The first-order chi connectivity index (χ1) is 11.0. The molecule has 0 fully saturated rings. The van der Waals surface area contributed by atoms with Crippen molar-refractivity contribution in [2.45, 2.75) is 13.5 Å². The highest BCUT2D eigenvalue weighted by molar-refractivity contribution is 6.35. The summed E-state index contributed by atoms with van der Waals surface area (Å²) < 4.78 is 1.31. The molecule has 0 saturated heterocycles. The third-order valence-electron chi connectivity index (χ3n) is 3.64. The van der Waals surface area contributed by atoms with Crippen LogP contribution in [0.4, 0.5) is 5.69 Å². The normalized spacial score (nSPS) is 10.9. The van der Waals surface area contributed by atoms with Crippen LogP contribution in [0.3, 0.4) is 0 Å². The number of nitro groups is 1. The van der Waals surface area contributed by atoms with Crippen molar-refractivity contribution in [3.05, 3.63) is 79.3 Å². The van der Waals surface area contributed by atoms with Gasteiger partial charge in [-0.05, 0) is 30.7 Å². The lowest BCUT2D eigenvalue weighted by molar-refractivity contribution is -0.385. The van der Waals surface area contributed by atoms with Crippen LogP contribution < -0.4 is 5.56 Å². The zero-order chi connectivity index (χ0) is 16.6. The number of halogens is 1. The molecule has 23 heavy (non-hydrogen) atoms. The molecule has 0 unspecified atom stereocenters. The highest BCUT2D eigenvalue weighted by Crippen LogP contribution is 2.25. The minimum absolute atomic E-state index is 0.0872. The van der Waals surface area contributed by atoms with Crippen LogP contribution in [0.2, 0.25) is 5.02 Å². The van der Waals surface area contributed by atoms with E-state index in [0.29, 0.717) is 16.1 Å². The van der Waals surface area contributed by atoms with Crippen molar-refractivity contribution < 1.29 is 4.92 Å². The number of hydrogen-bond donors (Lipinski definition) is 0. The summed E-state index contributed by atoms with van der Waals surface area (Å²) in [6.07, 6.45) is 2.91. The van der Waals surface area contributed by atoms with Crippen molar-refractivity contribution >= 4 is 28.2 Å². The lowest BCUT2D eigenvalue weighted by Crippen LogP contribution is -2.20. The van der Waals surface area contributed by atoms with Crippen molar-refractivity contribution in [3.8, 4) is 0 Å². The molecule has 6 nitrogen and oxygen atoms in total. The van der Waals surface area contributed by atoms with Crippen molar-refractivity contribution in [2.24, 2.45) is 0 Å². The monoisotopic (exact) mass is 329 g/mol. The van der Waals surface area contributed by atoms with Gasteiger partial charge in [-0.2, -0.15) is 0 Å². The quantitative estimate of drug-likeness (QED) is 0.545. The Bertz CT molecular complexity index is 982. The maximum absolute atomic E-state index is 12.1. The number of aryl methyl sites for hydroxylation is 1.